The molecule has 2 heterocycles. The van der Waals surface area contributed by atoms with Crippen molar-refractivity contribution >= 4 is 17.6 Å². The topological polar surface area (TPSA) is 68.0 Å². The molecule has 0 unspecified atom stereocenters. The average Bonchev–Trinajstić information content (AvgIpc) is 3.00. The Hall–Kier alpha value is -2.87. The van der Waals surface area contributed by atoms with E-state index in [9.17, 15) is 18.0 Å². The number of nitrogens with zero attached hydrogens (tertiary/aromatic N) is 3. The first-order valence-electron chi connectivity index (χ1n) is 6.88. The molecule has 0 atom stereocenters. The highest BCUT2D eigenvalue weighted by Crippen LogP contribution is 2.36. The number of aromatic nitrogens is 3. The number of rotatable bonds is 3. The molecule has 0 radical (unpaired) electrons. The second-order valence-corrected chi connectivity index (χ2v) is 5.44. The number of halogens is 4. The molecule has 128 valence electrons. The predicted octanol–water partition coefficient (Wildman–Crippen LogP) is 4.30. The molecule has 3 rings (SSSR count). The van der Waals surface area contributed by atoms with Gasteiger partial charge in [-0.05, 0) is 36.4 Å². The zero-order valence-electron chi connectivity index (χ0n) is 12.3. The van der Waals surface area contributed by atoms with Crippen LogP contribution in [0.25, 0.3) is 16.9 Å². The molecule has 0 saturated heterocycles. The molecule has 1 N–H and O–H groups in total. The van der Waals surface area contributed by atoms with Crippen LogP contribution in [0.2, 0.25) is 5.02 Å². The number of hydrogen-bond donors (Lipinski definition) is 1. The summed E-state index contributed by atoms with van der Waals surface area (Å²) in [5.74, 6) is -1.30. The third kappa shape index (κ3) is 3.34. The van der Waals surface area contributed by atoms with Gasteiger partial charge in [-0.15, -0.1) is 0 Å². The molecule has 3 aromatic rings. The average molecular weight is 368 g/mol. The van der Waals surface area contributed by atoms with Crippen molar-refractivity contribution in [2.24, 2.45) is 0 Å². The van der Waals surface area contributed by atoms with E-state index in [2.05, 4.69) is 10.1 Å². The van der Waals surface area contributed by atoms with Gasteiger partial charge in [0.05, 0.1) is 22.0 Å². The summed E-state index contributed by atoms with van der Waals surface area (Å²) < 4.78 is 40.4. The molecule has 2 aromatic heterocycles. The normalized spacial score (nSPS) is 11.5. The monoisotopic (exact) mass is 367 g/mol. The van der Waals surface area contributed by atoms with E-state index in [0.29, 0.717) is 11.3 Å². The van der Waals surface area contributed by atoms with Crippen molar-refractivity contribution in [3.05, 3.63) is 65.1 Å². The highest BCUT2D eigenvalue weighted by Gasteiger charge is 2.33. The SMILES string of the molecule is O=C(O)c1cc(-c2cccnc2)n(-c2ccc(Cl)c(C(F)(F)F)c2)n1. The standard InChI is InChI=1S/C16H9ClF3N3O2/c17-12-4-3-10(6-11(12)16(18,19)20)23-14(7-13(22-23)15(24)25)9-2-1-5-21-8-9/h1-8H,(H,24,25). The van der Waals surface area contributed by atoms with Gasteiger partial charge in [-0.3, -0.25) is 4.98 Å². The molecule has 25 heavy (non-hydrogen) atoms. The van der Waals surface area contributed by atoms with Gasteiger partial charge in [0.1, 0.15) is 0 Å². The van der Waals surface area contributed by atoms with Gasteiger partial charge in [-0.1, -0.05) is 11.6 Å². The van der Waals surface area contributed by atoms with E-state index in [0.717, 1.165) is 16.8 Å². The fourth-order valence-electron chi connectivity index (χ4n) is 2.26. The summed E-state index contributed by atoms with van der Waals surface area (Å²) in [6.07, 6.45) is -1.67. The second kappa shape index (κ2) is 6.21. The molecule has 0 amide bonds. The number of aromatic carboxylic acids is 1. The summed E-state index contributed by atoms with van der Waals surface area (Å²) in [5, 5.41) is 12.6. The second-order valence-electron chi connectivity index (χ2n) is 5.04. The van der Waals surface area contributed by atoms with Crippen LogP contribution < -0.4 is 0 Å². The Morgan fingerprint density at radius 1 is 1.20 bits per heavy atom. The lowest BCUT2D eigenvalue weighted by Gasteiger charge is -2.12. The Bertz CT molecular complexity index is 940. The smallest absolute Gasteiger partial charge is 0.417 e. The largest absolute Gasteiger partial charge is 0.476 e. The van der Waals surface area contributed by atoms with Crippen LogP contribution in [-0.4, -0.2) is 25.8 Å². The van der Waals surface area contributed by atoms with Crippen molar-refractivity contribution in [2.45, 2.75) is 6.18 Å². The lowest BCUT2D eigenvalue weighted by Crippen LogP contribution is -2.08. The van der Waals surface area contributed by atoms with Gasteiger partial charge in [-0.2, -0.15) is 18.3 Å². The molecule has 0 aliphatic heterocycles. The summed E-state index contributed by atoms with van der Waals surface area (Å²) in [6, 6.07) is 7.77. The number of alkyl halides is 3. The van der Waals surface area contributed by atoms with Crippen LogP contribution in [-0.2, 0) is 6.18 Å². The number of carboxylic acids is 1. The summed E-state index contributed by atoms with van der Waals surface area (Å²) >= 11 is 5.63. The third-order valence-corrected chi connectivity index (χ3v) is 3.72. The first kappa shape index (κ1) is 17.0. The fraction of sp³-hybridized carbons (Fsp3) is 0.0625. The molecule has 1 aromatic carbocycles. The molecule has 0 aliphatic rings. The first-order valence-corrected chi connectivity index (χ1v) is 7.26. The Kier molecular flexibility index (Phi) is 4.22. The van der Waals surface area contributed by atoms with E-state index in [1.807, 2.05) is 0 Å². The number of benzene rings is 1. The van der Waals surface area contributed by atoms with Crippen LogP contribution in [0.3, 0.4) is 0 Å². The molecular formula is C16H9ClF3N3O2. The Balaban J connectivity index is 2.22. The summed E-state index contributed by atoms with van der Waals surface area (Å²) in [5.41, 5.74) is -0.506. The number of carboxylic acid groups (broad SMARTS) is 1. The van der Waals surface area contributed by atoms with Gasteiger partial charge in [0.15, 0.2) is 5.69 Å². The fourth-order valence-corrected chi connectivity index (χ4v) is 2.49. The van der Waals surface area contributed by atoms with E-state index >= 15 is 0 Å². The maximum absolute atomic E-state index is 13.1. The van der Waals surface area contributed by atoms with E-state index in [1.54, 1.807) is 12.1 Å². The van der Waals surface area contributed by atoms with Gasteiger partial charge in [0.25, 0.3) is 0 Å². The molecule has 0 fully saturated rings. The Labute approximate surface area is 144 Å². The number of pyridine rings is 1. The highest BCUT2D eigenvalue weighted by atomic mass is 35.5. The molecule has 0 saturated carbocycles. The lowest BCUT2D eigenvalue weighted by molar-refractivity contribution is -0.137. The van der Waals surface area contributed by atoms with Crippen LogP contribution >= 0.6 is 11.6 Å². The van der Waals surface area contributed by atoms with Crippen LogP contribution in [0.1, 0.15) is 16.1 Å². The van der Waals surface area contributed by atoms with Crippen molar-refractivity contribution in [3.63, 3.8) is 0 Å². The van der Waals surface area contributed by atoms with Gasteiger partial charge < -0.3 is 5.11 Å². The predicted molar refractivity (Wildman–Crippen MR) is 83.8 cm³/mol. The van der Waals surface area contributed by atoms with Crippen LogP contribution in [0.5, 0.6) is 0 Å². The van der Waals surface area contributed by atoms with Crippen LogP contribution in [0, 0.1) is 0 Å². The molecular weight excluding hydrogens is 359 g/mol. The summed E-state index contributed by atoms with van der Waals surface area (Å²) in [4.78, 5) is 15.1. The Morgan fingerprint density at radius 2 is 1.96 bits per heavy atom. The minimum Gasteiger partial charge on any atom is -0.476 e. The first-order chi connectivity index (χ1) is 11.8. The minimum atomic E-state index is -4.65. The molecule has 0 bridgehead atoms. The molecule has 0 aliphatic carbocycles. The Morgan fingerprint density at radius 3 is 2.56 bits per heavy atom. The van der Waals surface area contributed by atoms with Crippen molar-refractivity contribution in [3.8, 4) is 16.9 Å². The van der Waals surface area contributed by atoms with Crippen molar-refractivity contribution < 1.29 is 23.1 Å². The van der Waals surface area contributed by atoms with Crippen LogP contribution in [0.15, 0.2) is 48.8 Å². The van der Waals surface area contributed by atoms with Crippen molar-refractivity contribution in [1.29, 1.82) is 0 Å². The van der Waals surface area contributed by atoms with Crippen molar-refractivity contribution in [1.82, 2.24) is 14.8 Å². The molecule has 0 spiro atoms. The summed E-state index contributed by atoms with van der Waals surface area (Å²) in [6.45, 7) is 0. The van der Waals surface area contributed by atoms with E-state index in [1.165, 1.54) is 24.5 Å². The van der Waals surface area contributed by atoms with Gasteiger partial charge in [0.2, 0.25) is 0 Å². The van der Waals surface area contributed by atoms with E-state index in [-0.39, 0.29) is 11.4 Å². The van der Waals surface area contributed by atoms with Gasteiger partial charge >= 0.3 is 12.1 Å². The van der Waals surface area contributed by atoms with Gasteiger partial charge in [0, 0.05) is 18.0 Å². The van der Waals surface area contributed by atoms with E-state index < -0.39 is 22.7 Å². The van der Waals surface area contributed by atoms with Crippen molar-refractivity contribution in [2.75, 3.05) is 0 Å². The molecule has 9 heteroatoms. The van der Waals surface area contributed by atoms with E-state index in [4.69, 9.17) is 16.7 Å². The minimum absolute atomic E-state index is 0.0306. The zero-order chi connectivity index (χ0) is 18.2. The van der Waals surface area contributed by atoms with Gasteiger partial charge in [-0.25, -0.2) is 9.48 Å². The lowest BCUT2D eigenvalue weighted by atomic mass is 10.1. The maximum atomic E-state index is 13.1. The zero-order valence-corrected chi connectivity index (χ0v) is 13.1. The number of carbonyl (C=O) groups is 1. The number of hydrogen-bond acceptors (Lipinski definition) is 3. The molecule has 5 nitrogen and oxygen atoms in total. The highest BCUT2D eigenvalue weighted by molar-refractivity contribution is 6.31. The van der Waals surface area contributed by atoms with Crippen LogP contribution in [0.4, 0.5) is 13.2 Å². The maximum Gasteiger partial charge on any atom is 0.417 e. The third-order valence-electron chi connectivity index (χ3n) is 3.39. The quantitative estimate of drug-likeness (QED) is 0.749. The summed E-state index contributed by atoms with van der Waals surface area (Å²) in [7, 11) is 0.